The molecule has 7 heteroatoms. The minimum absolute atomic E-state index is 0.625. The van der Waals surface area contributed by atoms with Gasteiger partial charge in [-0.15, -0.1) is 0 Å². The molecule has 2 nitrogen and oxygen atoms in total. The van der Waals surface area contributed by atoms with Crippen LogP contribution in [0.4, 0.5) is 0 Å². The zero-order chi connectivity index (χ0) is 11.3. The van der Waals surface area contributed by atoms with Crippen molar-refractivity contribution in [1.29, 1.82) is 10.5 Å². The molecule has 0 aromatic carbocycles. The van der Waals surface area contributed by atoms with E-state index in [0.29, 0.717) is 12.8 Å². The summed E-state index contributed by atoms with van der Waals surface area (Å²) in [4.78, 5) is 0. The third kappa shape index (κ3) is 188. The van der Waals surface area contributed by atoms with Crippen LogP contribution in [0.2, 0.25) is 0 Å². The van der Waals surface area contributed by atoms with E-state index in [0.717, 1.165) is 0 Å². The molecule has 0 amide bonds. The van der Waals surface area contributed by atoms with E-state index < -0.39 is 11.9 Å². The number of nitrogens with zero attached hydrogens (tertiary/aromatic N) is 2. The topological polar surface area (TPSA) is 47.6 Å². The first-order valence-corrected chi connectivity index (χ1v) is 14.3. The molecular weight excluding hydrogens is 437 g/mol. The maximum atomic E-state index is 7.62. The van der Waals surface area contributed by atoms with Gasteiger partial charge in [0.2, 0.25) is 0 Å². The van der Waals surface area contributed by atoms with Gasteiger partial charge in [-0.2, -0.15) is 10.5 Å². The molecule has 0 fully saturated rings. The van der Waals surface area contributed by atoms with Gasteiger partial charge in [-0.3, -0.25) is 0 Å². The van der Waals surface area contributed by atoms with Crippen molar-refractivity contribution in [3.8, 4) is 12.1 Å². The third-order valence-electron chi connectivity index (χ3n) is 0.316. The van der Waals surface area contributed by atoms with Crippen LogP contribution in [0.3, 0.4) is 0 Å². The molecule has 0 saturated heterocycles. The van der Waals surface area contributed by atoms with Crippen LogP contribution in [-0.4, -0.2) is 0 Å². The van der Waals surface area contributed by atoms with Crippen molar-refractivity contribution in [2.24, 2.45) is 0 Å². The van der Waals surface area contributed by atoms with Crippen molar-refractivity contribution < 1.29 is 11.9 Å². The number of halogens is 4. The Kier molecular flexibility index (Phi) is 22.9. The number of hydrogen-bond donors (Lipinski definition) is 0. The number of hydrogen-bond acceptors (Lipinski definition) is 2. The van der Waals surface area contributed by atoms with Crippen molar-refractivity contribution in [3.05, 3.63) is 0 Å². The molecule has 0 unspecified atom stereocenters. The number of rotatable bonds is 0. The van der Waals surface area contributed by atoms with Crippen LogP contribution >= 0.6 is 37.7 Å². The van der Waals surface area contributed by atoms with E-state index in [1.807, 2.05) is 26.0 Å². The van der Waals surface area contributed by atoms with Gasteiger partial charge in [-0.25, -0.2) is 0 Å². The molecular formula is C6H10Cl4N2Pt. The van der Waals surface area contributed by atoms with Crippen molar-refractivity contribution in [2.75, 3.05) is 0 Å². The summed E-state index contributed by atoms with van der Waals surface area (Å²) < 4.78 is 0. The van der Waals surface area contributed by atoms with E-state index in [1.165, 1.54) is 0 Å². The second-order valence-corrected chi connectivity index (χ2v) is 21.0. The Balaban J connectivity index is -0.000000117. The summed E-state index contributed by atoms with van der Waals surface area (Å²) in [6, 6.07) is 3.86. The molecule has 13 heavy (non-hydrogen) atoms. The maximum absolute atomic E-state index is 7.62. The zero-order valence-corrected chi connectivity index (χ0v) is 12.4. The first kappa shape index (κ1) is 19.4. The summed E-state index contributed by atoms with van der Waals surface area (Å²) in [6.07, 6.45) is 1.25. The molecule has 82 valence electrons. The normalized spacial score (nSPS) is 8.92. The molecule has 0 aromatic heterocycles. The Morgan fingerprint density at radius 1 is 0.923 bits per heavy atom. The van der Waals surface area contributed by atoms with Crippen LogP contribution in [-0.2, 0) is 11.9 Å². The molecule has 0 rings (SSSR count). The first-order valence-electron chi connectivity index (χ1n) is 3.05. The fourth-order valence-corrected chi connectivity index (χ4v) is 0. The fourth-order valence-electron chi connectivity index (χ4n) is 0. The number of nitriles is 2. The van der Waals surface area contributed by atoms with E-state index >= 15 is 0 Å². The Bertz CT molecular complexity index is 147. The van der Waals surface area contributed by atoms with Gasteiger partial charge in [0.15, 0.2) is 0 Å². The monoisotopic (exact) mass is 445 g/mol. The Morgan fingerprint density at radius 3 is 1.00 bits per heavy atom. The molecule has 0 aliphatic carbocycles. The third-order valence-corrected chi connectivity index (χ3v) is 0.316. The predicted octanol–water partition coefficient (Wildman–Crippen LogP) is 4.60. The van der Waals surface area contributed by atoms with Gasteiger partial charge in [0.25, 0.3) is 0 Å². The SMILES string of the molecule is CCC#N.CCC#N.[Cl][Pt]([Cl])([Cl])[Cl]. The molecule has 0 aliphatic heterocycles. The predicted molar refractivity (Wildman–Crippen MR) is 55.2 cm³/mol. The summed E-state index contributed by atoms with van der Waals surface area (Å²) in [5.41, 5.74) is 0. The van der Waals surface area contributed by atoms with Crippen molar-refractivity contribution in [1.82, 2.24) is 0 Å². The van der Waals surface area contributed by atoms with Gasteiger partial charge in [-0.1, -0.05) is 13.8 Å². The second kappa shape index (κ2) is 15.3. The minimum atomic E-state index is -3.06. The molecule has 0 spiro atoms. The molecule has 0 N–H and O–H groups in total. The molecule has 0 aliphatic rings. The Morgan fingerprint density at radius 2 is 1.00 bits per heavy atom. The van der Waals surface area contributed by atoms with Gasteiger partial charge in [-0.05, 0) is 0 Å². The molecule has 0 aromatic rings. The van der Waals surface area contributed by atoms with Crippen LogP contribution < -0.4 is 0 Å². The molecule has 0 bridgehead atoms. The van der Waals surface area contributed by atoms with Crippen LogP contribution in [0.25, 0.3) is 0 Å². The summed E-state index contributed by atoms with van der Waals surface area (Å²) in [6.45, 7) is 3.64. The van der Waals surface area contributed by atoms with Crippen molar-refractivity contribution in [3.63, 3.8) is 0 Å². The van der Waals surface area contributed by atoms with Crippen LogP contribution in [0, 0.1) is 22.7 Å². The first-order chi connectivity index (χ1) is 5.83. The summed E-state index contributed by atoms with van der Waals surface area (Å²) >= 11 is -3.06. The van der Waals surface area contributed by atoms with Crippen molar-refractivity contribution >= 4 is 37.7 Å². The van der Waals surface area contributed by atoms with Crippen LogP contribution in [0.1, 0.15) is 26.7 Å². The van der Waals surface area contributed by atoms with E-state index in [-0.39, 0.29) is 0 Å². The average molecular weight is 447 g/mol. The Hall–Kier alpha value is 0.828. The van der Waals surface area contributed by atoms with Gasteiger partial charge in [0.05, 0.1) is 12.1 Å². The van der Waals surface area contributed by atoms with Gasteiger partial charge in [0.1, 0.15) is 0 Å². The van der Waals surface area contributed by atoms with Crippen LogP contribution in [0.5, 0.6) is 0 Å². The fraction of sp³-hybridized carbons (Fsp3) is 0.667. The molecule has 0 saturated carbocycles. The standard InChI is InChI=1S/2C3H5N.4ClH.Pt/c2*1-2-3-4;;;;;/h2*2H2,1H3;4*1H;/q;;;;;;+4/p-4. The van der Waals surface area contributed by atoms with E-state index in [2.05, 4.69) is 0 Å². The van der Waals surface area contributed by atoms with Gasteiger partial charge < -0.3 is 0 Å². The van der Waals surface area contributed by atoms with Crippen LogP contribution in [0.15, 0.2) is 0 Å². The summed E-state index contributed by atoms with van der Waals surface area (Å²) in [7, 11) is 20.0. The van der Waals surface area contributed by atoms with E-state index in [4.69, 9.17) is 48.2 Å². The second-order valence-electron chi connectivity index (χ2n) is 1.29. The van der Waals surface area contributed by atoms with Gasteiger partial charge in [0, 0.05) is 12.8 Å². The van der Waals surface area contributed by atoms with Crippen molar-refractivity contribution in [2.45, 2.75) is 26.7 Å². The Labute approximate surface area is 98.2 Å². The average Bonchev–Trinajstić information content (AvgIpc) is 2.01. The summed E-state index contributed by atoms with van der Waals surface area (Å²) in [5.74, 6) is 0. The van der Waals surface area contributed by atoms with E-state index in [1.54, 1.807) is 0 Å². The summed E-state index contributed by atoms with van der Waals surface area (Å²) in [5, 5.41) is 15.2. The molecule has 0 heterocycles. The quantitative estimate of drug-likeness (QED) is 0.546. The zero-order valence-electron chi connectivity index (χ0n) is 7.14. The molecule has 0 atom stereocenters. The van der Waals surface area contributed by atoms with Gasteiger partial charge >= 0.3 is 49.6 Å². The van der Waals surface area contributed by atoms with E-state index in [9.17, 15) is 0 Å². The molecule has 0 radical (unpaired) electrons.